The van der Waals surface area contributed by atoms with Gasteiger partial charge in [0, 0.05) is 24.4 Å². The first-order valence-corrected chi connectivity index (χ1v) is 28.9. The Labute approximate surface area is 476 Å². The highest BCUT2D eigenvalue weighted by Crippen LogP contribution is 2.52. The predicted octanol–water partition coefficient (Wildman–Crippen LogP) is 16.6. The van der Waals surface area contributed by atoms with Crippen LogP contribution >= 0.6 is 22.7 Å². The van der Waals surface area contributed by atoms with E-state index in [9.17, 15) is 38.4 Å². The number of carboxylic acid groups (broad SMARTS) is 1. The summed E-state index contributed by atoms with van der Waals surface area (Å²) in [6.45, 7) is 22.4. The van der Waals surface area contributed by atoms with E-state index in [1.54, 1.807) is 24.3 Å². The average Bonchev–Trinajstić information content (AvgIpc) is 4.22. The third-order valence-electron chi connectivity index (χ3n) is 12.9. The van der Waals surface area contributed by atoms with Crippen molar-refractivity contribution in [3.05, 3.63) is 125 Å². The van der Waals surface area contributed by atoms with Crippen LogP contribution in [0.5, 0.6) is 23.0 Å². The summed E-state index contributed by atoms with van der Waals surface area (Å²) in [7, 11) is 0. The van der Waals surface area contributed by atoms with Gasteiger partial charge in [-0.1, -0.05) is 96.2 Å². The molecule has 0 aliphatic carbocycles. The van der Waals surface area contributed by atoms with Gasteiger partial charge in [-0.05, 0) is 113 Å². The maximum atomic E-state index is 14.9. The summed E-state index contributed by atoms with van der Waals surface area (Å²) < 4.78 is 81.1. The molecule has 13 nitrogen and oxygen atoms in total. The Morgan fingerprint density at radius 3 is 1.57 bits per heavy atom. The number of alkyl halides is 3. The Kier molecular flexibility index (Phi) is 25.3. The average molecular weight is 1140 g/mol. The lowest BCUT2D eigenvalue weighted by Crippen LogP contribution is -2.43. The van der Waals surface area contributed by atoms with Crippen molar-refractivity contribution < 1.29 is 56.3 Å². The van der Waals surface area contributed by atoms with Crippen LogP contribution in [0.2, 0.25) is 0 Å². The first-order chi connectivity index (χ1) is 38.6. The molecule has 2 aromatic heterocycles. The van der Waals surface area contributed by atoms with Crippen LogP contribution in [0, 0.1) is 29.2 Å². The van der Waals surface area contributed by atoms with Crippen LogP contribution in [-0.2, 0) is 9.47 Å². The molecule has 4 aromatic rings. The number of thiophene rings is 2. The number of rotatable bonds is 33. The van der Waals surface area contributed by atoms with Crippen LogP contribution < -0.4 is 23.8 Å². The molecule has 18 heteroatoms. The summed E-state index contributed by atoms with van der Waals surface area (Å²) in [5.41, 5.74) is -2.87. The van der Waals surface area contributed by atoms with Crippen LogP contribution in [0.4, 0.5) is 18.9 Å². The first-order valence-electron chi connectivity index (χ1n) is 27.3. The lowest BCUT2D eigenvalue weighted by molar-refractivity contribution is -0.236. The van der Waals surface area contributed by atoms with E-state index in [1.807, 2.05) is 38.2 Å². The zero-order chi connectivity index (χ0) is 58.1. The minimum atomic E-state index is -5.03. The van der Waals surface area contributed by atoms with Gasteiger partial charge in [0.2, 0.25) is 11.3 Å². The second-order valence-corrected chi connectivity index (χ2v) is 21.0. The molecule has 2 aromatic carbocycles. The number of allylic oxidation sites excluding steroid dienone is 1. The second-order valence-electron chi connectivity index (χ2n) is 18.8. The molecule has 426 valence electrons. The topological polar surface area (TPSA) is 165 Å². The van der Waals surface area contributed by atoms with E-state index in [0.29, 0.717) is 72.0 Å². The van der Waals surface area contributed by atoms with Gasteiger partial charge in [-0.2, -0.15) is 23.7 Å². The minimum Gasteiger partial charge on any atom is -0.488 e. The number of ether oxygens (including phenoxy) is 6. The highest BCUT2D eigenvalue weighted by molar-refractivity contribution is 7.15. The van der Waals surface area contributed by atoms with Crippen LogP contribution in [-0.4, -0.2) is 74.9 Å². The molecular weight excluding hydrogens is 1070 g/mol. The van der Waals surface area contributed by atoms with Crippen LogP contribution in [0.15, 0.2) is 77.2 Å². The van der Waals surface area contributed by atoms with Crippen molar-refractivity contribution in [2.75, 3.05) is 51.0 Å². The van der Waals surface area contributed by atoms with Gasteiger partial charge in [-0.25, -0.2) is 14.4 Å². The number of anilines is 1. The number of carbonyl (C=O) groups is 2. The fourth-order valence-electron chi connectivity index (χ4n) is 8.24. The van der Waals surface area contributed by atoms with Gasteiger partial charge < -0.3 is 38.4 Å². The van der Waals surface area contributed by atoms with Crippen molar-refractivity contribution in [3.8, 4) is 35.1 Å². The molecule has 1 aliphatic rings. The zero-order valence-electron chi connectivity index (χ0n) is 46.5. The van der Waals surface area contributed by atoms with Crippen molar-refractivity contribution >= 4 is 70.7 Å². The molecule has 0 amide bonds. The number of unbranched alkanes of at least 4 members (excludes halogenated alkanes) is 7. The minimum absolute atomic E-state index is 0.0463. The smallest absolute Gasteiger partial charge is 0.430 e. The van der Waals surface area contributed by atoms with Gasteiger partial charge in [0.15, 0.2) is 34.3 Å². The van der Waals surface area contributed by atoms with E-state index in [0.717, 1.165) is 111 Å². The number of aromatic carboxylic acids is 1. The fraction of sp³-hybridized carbons (Fsp3) is 0.435. The molecule has 1 atom stereocenters. The van der Waals surface area contributed by atoms with E-state index in [4.69, 9.17) is 35.0 Å². The zero-order valence-corrected chi connectivity index (χ0v) is 48.1. The highest BCUT2D eigenvalue weighted by atomic mass is 32.1. The fourth-order valence-corrected chi connectivity index (χ4v) is 10.2. The normalized spacial score (nSPS) is 14.3. The molecule has 0 bridgehead atoms. The number of nitriles is 2. The highest BCUT2D eigenvalue weighted by Gasteiger charge is 2.60. The Hall–Kier alpha value is -7.46. The number of carbonyl (C=O) groups excluding carboxylic acids is 1. The predicted molar refractivity (Wildman–Crippen MR) is 311 cm³/mol. The summed E-state index contributed by atoms with van der Waals surface area (Å²) >= 11 is 2.74. The van der Waals surface area contributed by atoms with Crippen molar-refractivity contribution in [3.63, 3.8) is 0 Å². The SMILES string of the molecule is [C-]#[N+]C1=C(C=Cc2sc(C=Cc3sc(C=Cc4ccc(N(CC)CCCCCCOC(=O)c5ccccc5C(=O)O)cc4)c(OCCCC)c3OCCCC)c(OCCCC)c2OCCCC)C(C)(C(F)(F)F)OC1=C(C#N)C#N. The number of nitrogens with zero attached hydrogens (tertiary/aromatic N) is 4. The lowest BCUT2D eigenvalue weighted by atomic mass is 9.94. The van der Waals surface area contributed by atoms with Crippen molar-refractivity contribution in [2.24, 2.45) is 0 Å². The maximum absolute atomic E-state index is 14.9. The van der Waals surface area contributed by atoms with E-state index in [1.165, 1.54) is 40.9 Å². The molecule has 80 heavy (non-hydrogen) atoms. The first kappa shape index (κ1) is 63.4. The van der Waals surface area contributed by atoms with Gasteiger partial charge >= 0.3 is 18.1 Å². The molecular formula is C62H71F3N4O9S2. The van der Waals surface area contributed by atoms with Crippen LogP contribution in [0.3, 0.4) is 0 Å². The summed E-state index contributed by atoms with van der Waals surface area (Å²) in [4.78, 5) is 32.3. The second kappa shape index (κ2) is 32.0. The standard InChI is InChI=1S/C62H71F3N4O9S2/c1-8-13-36-73-55-49(31-27-43-25-28-45(29-26-43)69(12-5)35-21-17-18-22-40-77-60(72)47-24-20-19-23-46(47)59(70)71)79-51(57(55)75-38-15-10-3)33-34-52-58(76-39-16-11-4)56(74-37-14-9-2)50(80-52)32-30-48-53(68-7)54(44(41-66)42-67)78-61(48,6)62(63,64)65/h19-20,23-34H,8-18,21-22,35-40H2,1-6H3,(H,70,71). The largest absolute Gasteiger partial charge is 0.488 e. The molecule has 0 saturated carbocycles. The summed E-state index contributed by atoms with van der Waals surface area (Å²) in [6, 6.07) is 17.5. The summed E-state index contributed by atoms with van der Waals surface area (Å²) in [5, 5.41) is 28.5. The third-order valence-corrected chi connectivity index (χ3v) is 15.1. The Balaban J connectivity index is 1.44. The molecule has 1 aliphatic heterocycles. The molecule has 0 spiro atoms. The summed E-state index contributed by atoms with van der Waals surface area (Å²) in [6.07, 6.45) is 15.4. The van der Waals surface area contributed by atoms with Crippen molar-refractivity contribution in [2.45, 2.75) is 130 Å². The van der Waals surface area contributed by atoms with Crippen LogP contribution in [0.1, 0.15) is 164 Å². The van der Waals surface area contributed by atoms with E-state index in [2.05, 4.69) is 54.8 Å². The molecule has 3 heterocycles. The molecule has 0 fully saturated rings. The van der Waals surface area contributed by atoms with Gasteiger partial charge in [0.1, 0.15) is 12.1 Å². The Bertz CT molecular complexity index is 2990. The number of halogens is 3. The Morgan fingerprint density at radius 2 is 1.14 bits per heavy atom. The van der Waals surface area contributed by atoms with E-state index < -0.39 is 46.3 Å². The van der Waals surface area contributed by atoms with Gasteiger partial charge in [0.25, 0.3) is 0 Å². The quantitative estimate of drug-likeness (QED) is 0.0208. The number of hydrogen-bond donors (Lipinski definition) is 1. The van der Waals surface area contributed by atoms with Gasteiger partial charge in [-0.3, -0.25) is 0 Å². The molecule has 1 N–H and O–H groups in total. The Morgan fingerprint density at radius 1 is 0.675 bits per heavy atom. The van der Waals surface area contributed by atoms with Crippen molar-refractivity contribution in [1.29, 1.82) is 10.5 Å². The molecule has 1 unspecified atom stereocenters. The monoisotopic (exact) mass is 1140 g/mol. The molecule has 0 radical (unpaired) electrons. The van der Waals surface area contributed by atoms with E-state index >= 15 is 0 Å². The number of hydrogen-bond acceptors (Lipinski definition) is 13. The van der Waals surface area contributed by atoms with Gasteiger partial charge in [0.05, 0.1) is 70.2 Å². The van der Waals surface area contributed by atoms with Crippen molar-refractivity contribution in [1.82, 2.24) is 0 Å². The lowest BCUT2D eigenvalue weighted by Gasteiger charge is -2.29. The third kappa shape index (κ3) is 16.8. The summed E-state index contributed by atoms with van der Waals surface area (Å²) in [5.74, 6) is -0.551. The number of esters is 1. The van der Waals surface area contributed by atoms with Crippen LogP contribution in [0.25, 0.3) is 35.2 Å². The number of carboxylic acids is 1. The number of benzene rings is 2. The molecule has 5 rings (SSSR count). The van der Waals surface area contributed by atoms with Gasteiger partial charge in [-0.15, -0.1) is 22.7 Å². The molecule has 0 saturated heterocycles. The van der Waals surface area contributed by atoms with E-state index in [-0.39, 0.29) is 17.7 Å². The maximum Gasteiger partial charge on any atom is 0.430 e.